The minimum atomic E-state index is -4.66. The Morgan fingerprint density at radius 2 is 1.89 bits per heavy atom. The number of carbonyl (C=O) groups is 2. The lowest BCUT2D eigenvalue weighted by atomic mass is 9.96. The second kappa shape index (κ2) is 8.49. The van der Waals surface area contributed by atoms with Gasteiger partial charge >= 0.3 is 18.2 Å². The van der Waals surface area contributed by atoms with E-state index in [2.05, 4.69) is 19.2 Å². The van der Waals surface area contributed by atoms with Gasteiger partial charge in [-0.1, -0.05) is 26.0 Å². The molecule has 0 aromatic heterocycles. The molecule has 2 atom stereocenters. The quantitative estimate of drug-likeness (QED) is 0.734. The fraction of sp³-hybridized carbons (Fsp3) is 0.556. The highest BCUT2D eigenvalue weighted by Gasteiger charge is 2.53. The molecule has 0 spiro atoms. The third-order valence-corrected chi connectivity index (χ3v) is 4.54. The molecule has 1 fully saturated rings. The van der Waals surface area contributed by atoms with Crippen molar-refractivity contribution >= 4 is 12.0 Å². The fourth-order valence-electron chi connectivity index (χ4n) is 2.94. The van der Waals surface area contributed by atoms with Crippen LogP contribution in [0.1, 0.15) is 25.3 Å². The van der Waals surface area contributed by atoms with Gasteiger partial charge in [0.1, 0.15) is 12.4 Å². The topological polar surface area (TPSA) is 78.9 Å². The van der Waals surface area contributed by atoms with Gasteiger partial charge in [-0.25, -0.2) is 4.79 Å². The van der Waals surface area contributed by atoms with Crippen LogP contribution >= 0.6 is 0 Å². The van der Waals surface area contributed by atoms with Crippen LogP contribution in [-0.4, -0.2) is 54.4 Å². The average Bonchev–Trinajstić information content (AvgIpc) is 3.05. The summed E-state index contributed by atoms with van der Waals surface area (Å²) < 4.78 is 44.3. The van der Waals surface area contributed by atoms with Crippen molar-refractivity contribution < 1.29 is 32.6 Å². The normalized spacial score (nSPS) is 20.0. The lowest BCUT2D eigenvalue weighted by Gasteiger charge is -2.18. The monoisotopic (exact) mass is 388 g/mol. The molecule has 1 heterocycles. The largest absolute Gasteiger partial charge is 0.492 e. The zero-order valence-corrected chi connectivity index (χ0v) is 15.1. The number of carbonyl (C=O) groups excluding carboxylic acids is 1. The molecule has 9 heteroatoms. The van der Waals surface area contributed by atoms with Crippen molar-refractivity contribution in [2.45, 2.75) is 25.9 Å². The van der Waals surface area contributed by atoms with Crippen molar-refractivity contribution in [1.82, 2.24) is 10.2 Å². The first-order chi connectivity index (χ1) is 12.6. The molecule has 1 aromatic rings. The second-order valence-corrected chi connectivity index (χ2v) is 6.80. The number of alkyl halides is 3. The van der Waals surface area contributed by atoms with E-state index < -0.39 is 43.1 Å². The molecule has 0 radical (unpaired) electrons. The molecular weight excluding hydrogens is 365 g/mol. The van der Waals surface area contributed by atoms with Crippen molar-refractivity contribution in [1.29, 1.82) is 0 Å². The van der Waals surface area contributed by atoms with Crippen LogP contribution in [0.2, 0.25) is 0 Å². The maximum absolute atomic E-state index is 12.9. The molecule has 0 saturated carbocycles. The zero-order valence-electron chi connectivity index (χ0n) is 15.1. The van der Waals surface area contributed by atoms with Crippen LogP contribution in [-0.2, 0) is 4.79 Å². The van der Waals surface area contributed by atoms with Crippen molar-refractivity contribution in [3.8, 4) is 5.75 Å². The van der Waals surface area contributed by atoms with E-state index in [4.69, 9.17) is 9.84 Å². The number of nitrogens with one attached hydrogen (secondary N) is 1. The van der Waals surface area contributed by atoms with Gasteiger partial charge in [0.2, 0.25) is 0 Å². The molecule has 1 aliphatic rings. The van der Waals surface area contributed by atoms with Gasteiger partial charge in [-0.15, -0.1) is 0 Å². The van der Waals surface area contributed by atoms with Crippen molar-refractivity contribution in [3.63, 3.8) is 0 Å². The van der Waals surface area contributed by atoms with Crippen LogP contribution in [0.25, 0.3) is 0 Å². The number of likely N-dealkylation sites (tertiary alicyclic amines) is 1. The van der Waals surface area contributed by atoms with Crippen LogP contribution < -0.4 is 10.1 Å². The summed E-state index contributed by atoms with van der Waals surface area (Å²) in [6, 6.07) is 6.76. The molecule has 150 valence electrons. The number of hydrogen-bond acceptors (Lipinski definition) is 3. The van der Waals surface area contributed by atoms with Crippen molar-refractivity contribution in [2.75, 3.05) is 26.2 Å². The summed E-state index contributed by atoms with van der Waals surface area (Å²) in [6.45, 7) is 3.25. The van der Waals surface area contributed by atoms with Gasteiger partial charge in [0.05, 0.1) is 18.4 Å². The Hall–Kier alpha value is -2.45. The Bertz CT molecular complexity index is 662. The van der Waals surface area contributed by atoms with E-state index in [1.54, 1.807) is 0 Å². The Kier molecular flexibility index (Phi) is 6.56. The number of aliphatic carboxylic acids is 1. The summed E-state index contributed by atoms with van der Waals surface area (Å²) in [5.41, 5.74) is 1.16. The molecule has 27 heavy (non-hydrogen) atoms. The molecule has 0 aliphatic carbocycles. The highest BCUT2D eigenvalue weighted by Crippen LogP contribution is 2.37. The summed E-state index contributed by atoms with van der Waals surface area (Å²) in [7, 11) is 0. The molecular formula is C18H23F3N2O4. The highest BCUT2D eigenvalue weighted by atomic mass is 19.4. The molecule has 6 nitrogen and oxygen atoms in total. The summed E-state index contributed by atoms with van der Waals surface area (Å²) in [6.07, 6.45) is -4.66. The average molecular weight is 388 g/mol. The second-order valence-electron chi connectivity index (χ2n) is 6.80. The van der Waals surface area contributed by atoms with Gasteiger partial charge in [-0.3, -0.25) is 4.79 Å². The molecule has 1 saturated heterocycles. The van der Waals surface area contributed by atoms with Gasteiger partial charge in [0.15, 0.2) is 0 Å². The summed E-state index contributed by atoms with van der Waals surface area (Å²) >= 11 is 0. The number of carboxylic acid groups (broad SMARTS) is 1. The van der Waals surface area contributed by atoms with Crippen LogP contribution in [0.3, 0.4) is 0 Å². The van der Waals surface area contributed by atoms with Gasteiger partial charge in [-0.2, -0.15) is 13.2 Å². The van der Waals surface area contributed by atoms with E-state index in [0.717, 1.165) is 10.5 Å². The Morgan fingerprint density at radius 3 is 2.37 bits per heavy atom. The van der Waals surface area contributed by atoms with Crippen LogP contribution in [0.15, 0.2) is 24.3 Å². The SMILES string of the molecule is CC(C)c1ccc(OCCNC(=O)N2C[C@@H](C(F)(F)F)[C@H](C(=O)O)C2)cc1. The Balaban J connectivity index is 1.79. The van der Waals surface area contributed by atoms with Crippen LogP contribution in [0.4, 0.5) is 18.0 Å². The fourth-order valence-corrected chi connectivity index (χ4v) is 2.94. The molecule has 2 rings (SSSR count). The summed E-state index contributed by atoms with van der Waals surface area (Å²) in [5.74, 6) is -4.24. The van der Waals surface area contributed by atoms with E-state index in [-0.39, 0.29) is 13.2 Å². The molecule has 1 aromatic carbocycles. The first-order valence-corrected chi connectivity index (χ1v) is 8.64. The Labute approximate surface area is 155 Å². The number of carboxylic acids is 1. The van der Waals surface area contributed by atoms with E-state index in [1.807, 2.05) is 24.3 Å². The standard InChI is InChI=1S/C18H23F3N2O4/c1-11(2)12-3-5-13(6-4-12)27-8-7-22-17(26)23-9-14(16(24)25)15(10-23)18(19,20)21/h3-6,11,14-15H,7-10H2,1-2H3,(H,22,26)(H,24,25)/t14-,15-/m1/s1. The van der Waals surface area contributed by atoms with Gasteiger partial charge in [-0.05, 0) is 23.6 Å². The number of ether oxygens (including phenoxy) is 1. The molecule has 1 aliphatic heterocycles. The third-order valence-electron chi connectivity index (χ3n) is 4.54. The lowest BCUT2D eigenvalue weighted by molar-refractivity contribution is -0.187. The number of benzene rings is 1. The number of amides is 2. The van der Waals surface area contributed by atoms with E-state index in [9.17, 15) is 22.8 Å². The number of halogens is 3. The molecule has 0 bridgehead atoms. The predicted molar refractivity (Wildman–Crippen MR) is 91.7 cm³/mol. The van der Waals surface area contributed by atoms with Crippen LogP contribution in [0.5, 0.6) is 5.75 Å². The maximum Gasteiger partial charge on any atom is 0.394 e. The minimum Gasteiger partial charge on any atom is -0.492 e. The smallest absolute Gasteiger partial charge is 0.394 e. The lowest BCUT2D eigenvalue weighted by Crippen LogP contribution is -2.41. The van der Waals surface area contributed by atoms with Crippen molar-refractivity contribution in [2.24, 2.45) is 11.8 Å². The highest BCUT2D eigenvalue weighted by molar-refractivity contribution is 5.77. The molecule has 2 N–H and O–H groups in total. The van der Waals surface area contributed by atoms with E-state index >= 15 is 0 Å². The number of nitrogens with zero attached hydrogens (tertiary/aromatic N) is 1. The summed E-state index contributed by atoms with van der Waals surface area (Å²) in [5, 5.41) is 11.4. The van der Waals surface area contributed by atoms with E-state index in [0.29, 0.717) is 11.7 Å². The summed E-state index contributed by atoms with van der Waals surface area (Å²) in [4.78, 5) is 23.9. The first-order valence-electron chi connectivity index (χ1n) is 8.64. The Morgan fingerprint density at radius 1 is 1.26 bits per heavy atom. The zero-order chi connectivity index (χ0) is 20.2. The number of urea groups is 1. The molecule has 2 amide bonds. The maximum atomic E-state index is 12.9. The first kappa shape index (κ1) is 20.9. The van der Waals surface area contributed by atoms with Crippen LogP contribution in [0, 0.1) is 11.8 Å². The number of rotatable bonds is 6. The third kappa shape index (κ3) is 5.51. The van der Waals surface area contributed by atoms with Gasteiger partial charge < -0.3 is 20.1 Å². The van der Waals surface area contributed by atoms with Crippen molar-refractivity contribution in [3.05, 3.63) is 29.8 Å². The minimum absolute atomic E-state index is 0.0929. The predicted octanol–water partition coefficient (Wildman–Crippen LogP) is 3.09. The van der Waals surface area contributed by atoms with Gasteiger partial charge in [0, 0.05) is 13.1 Å². The van der Waals surface area contributed by atoms with Gasteiger partial charge in [0.25, 0.3) is 0 Å². The van der Waals surface area contributed by atoms with E-state index in [1.165, 1.54) is 0 Å². The number of hydrogen-bond donors (Lipinski definition) is 2. The molecule has 0 unspecified atom stereocenters.